The predicted molar refractivity (Wildman–Crippen MR) is 95.9 cm³/mol. The first-order valence-electron chi connectivity index (χ1n) is 8.16. The summed E-state index contributed by atoms with van der Waals surface area (Å²) in [6.07, 6.45) is 6.82. The van der Waals surface area contributed by atoms with Crippen molar-refractivity contribution in [2.75, 3.05) is 20.4 Å². The average molecular weight is 334 g/mol. The number of aryl methyl sites for hydroxylation is 1. The monoisotopic (exact) mass is 334 g/mol. The van der Waals surface area contributed by atoms with Crippen molar-refractivity contribution >= 4 is 23.6 Å². The van der Waals surface area contributed by atoms with Crippen LogP contribution >= 0.6 is 11.8 Å². The quantitative estimate of drug-likeness (QED) is 0.870. The van der Waals surface area contributed by atoms with Crippen LogP contribution in [0.15, 0.2) is 24.3 Å². The molecule has 1 aromatic rings. The number of carbonyl (C=O) groups excluding carboxylic acids is 2. The van der Waals surface area contributed by atoms with E-state index in [0.717, 1.165) is 12.0 Å². The van der Waals surface area contributed by atoms with Gasteiger partial charge in [0.05, 0.1) is 0 Å². The van der Waals surface area contributed by atoms with Gasteiger partial charge in [-0.15, -0.1) is 0 Å². The van der Waals surface area contributed by atoms with E-state index in [4.69, 9.17) is 0 Å². The zero-order valence-corrected chi connectivity index (χ0v) is 15.0. The molecule has 2 atom stereocenters. The number of thioether (sulfide) groups is 1. The lowest BCUT2D eigenvalue weighted by Crippen LogP contribution is -2.40. The summed E-state index contributed by atoms with van der Waals surface area (Å²) in [5.74, 6) is 0.102. The van der Waals surface area contributed by atoms with Gasteiger partial charge in [0, 0.05) is 37.4 Å². The molecular weight excluding hydrogens is 308 g/mol. The smallest absolute Gasteiger partial charge is 0.251 e. The van der Waals surface area contributed by atoms with E-state index in [9.17, 15) is 9.59 Å². The Morgan fingerprint density at radius 2 is 2.13 bits per heavy atom. The topological polar surface area (TPSA) is 49.4 Å². The van der Waals surface area contributed by atoms with Gasteiger partial charge < -0.3 is 10.2 Å². The molecule has 1 aliphatic rings. The number of nitrogens with one attached hydrogen (secondary N) is 1. The third-order valence-corrected chi connectivity index (χ3v) is 5.81. The highest BCUT2D eigenvalue weighted by Gasteiger charge is 2.31. The highest BCUT2D eigenvalue weighted by molar-refractivity contribution is 7.99. The van der Waals surface area contributed by atoms with E-state index in [-0.39, 0.29) is 11.8 Å². The second kappa shape index (κ2) is 8.39. The van der Waals surface area contributed by atoms with Crippen LogP contribution in [0.4, 0.5) is 0 Å². The van der Waals surface area contributed by atoms with Gasteiger partial charge in [-0.05, 0) is 43.2 Å². The molecule has 1 aromatic carbocycles. The molecule has 4 nitrogen and oxygen atoms in total. The number of hydrogen-bond acceptors (Lipinski definition) is 3. The number of amides is 2. The second-order valence-corrected chi connectivity index (χ2v) is 7.13. The number of nitrogens with zero attached hydrogens (tertiary/aromatic N) is 1. The van der Waals surface area contributed by atoms with Crippen LogP contribution in [0.2, 0.25) is 0 Å². The lowest BCUT2D eigenvalue weighted by Gasteiger charge is -2.29. The Labute approximate surface area is 143 Å². The minimum absolute atomic E-state index is 0.0935. The fraction of sp³-hybridized carbons (Fsp3) is 0.556. The van der Waals surface area contributed by atoms with Crippen molar-refractivity contribution in [2.45, 2.75) is 43.4 Å². The van der Waals surface area contributed by atoms with Crippen LogP contribution in [-0.4, -0.2) is 48.4 Å². The standard InChI is InChI=1S/C18H26N2O2S/c1-19-18(22)14-7-4-6-13(12-14)10-11-17(21)20(2)15-8-5-9-16(15)23-3/h4,6-7,12,15-16H,5,8-11H2,1-3H3,(H,19,22)/t15-,16-/m1/s1. The van der Waals surface area contributed by atoms with E-state index in [1.165, 1.54) is 12.8 Å². The van der Waals surface area contributed by atoms with Crippen LogP contribution in [0.3, 0.4) is 0 Å². The minimum Gasteiger partial charge on any atom is -0.355 e. The lowest BCUT2D eigenvalue weighted by atomic mass is 10.1. The van der Waals surface area contributed by atoms with Crippen LogP contribution in [0.5, 0.6) is 0 Å². The molecule has 1 fully saturated rings. The van der Waals surface area contributed by atoms with Crippen LogP contribution in [0.25, 0.3) is 0 Å². The first-order chi connectivity index (χ1) is 11.1. The highest BCUT2D eigenvalue weighted by Crippen LogP contribution is 2.31. The zero-order chi connectivity index (χ0) is 16.8. The Kier molecular flexibility index (Phi) is 6.51. The Balaban J connectivity index is 1.92. The molecule has 2 rings (SSSR count). The van der Waals surface area contributed by atoms with Gasteiger partial charge in [0.1, 0.15) is 0 Å². The molecule has 126 valence electrons. The average Bonchev–Trinajstić information content (AvgIpc) is 3.07. The Morgan fingerprint density at radius 3 is 2.83 bits per heavy atom. The van der Waals surface area contributed by atoms with Gasteiger partial charge in [0.25, 0.3) is 5.91 Å². The molecule has 0 spiro atoms. The van der Waals surface area contributed by atoms with E-state index < -0.39 is 0 Å². The summed E-state index contributed by atoms with van der Waals surface area (Å²) >= 11 is 1.87. The molecule has 0 aromatic heterocycles. The fourth-order valence-electron chi connectivity index (χ4n) is 3.25. The molecular formula is C18H26N2O2S. The molecule has 0 saturated heterocycles. The van der Waals surface area contributed by atoms with E-state index >= 15 is 0 Å². The first-order valence-corrected chi connectivity index (χ1v) is 9.45. The highest BCUT2D eigenvalue weighted by atomic mass is 32.2. The molecule has 1 saturated carbocycles. The molecule has 1 N–H and O–H groups in total. The van der Waals surface area contributed by atoms with Crippen LogP contribution in [0, 0.1) is 0 Å². The van der Waals surface area contributed by atoms with Gasteiger partial charge in [-0.25, -0.2) is 0 Å². The molecule has 0 heterocycles. The molecule has 2 amide bonds. The van der Waals surface area contributed by atoms with Gasteiger partial charge in [0.15, 0.2) is 0 Å². The normalized spacial score (nSPS) is 20.3. The van der Waals surface area contributed by atoms with Gasteiger partial charge >= 0.3 is 0 Å². The second-order valence-electron chi connectivity index (χ2n) is 6.06. The Hall–Kier alpha value is -1.49. The number of benzene rings is 1. The third kappa shape index (κ3) is 4.50. The minimum atomic E-state index is -0.0935. The molecule has 0 radical (unpaired) electrons. The fourth-order valence-corrected chi connectivity index (χ4v) is 4.28. The van der Waals surface area contributed by atoms with Crippen molar-refractivity contribution in [3.8, 4) is 0 Å². The maximum Gasteiger partial charge on any atom is 0.251 e. The van der Waals surface area contributed by atoms with Crippen molar-refractivity contribution in [1.29, 1.82) is 0 Å². The molecule has 0 aliphatic heterocycles. The first kappa shape index (κ1) is 17.9. The predicted octanol–water partition coefficient (Wildman–Crippen LogP) is 2.72. The van der Waals surface area contributed by atoms with Gasteiger partial charge in [-0.1, -0.05) is 18.6 Å². The summed E-state index contributed by atoms with van der Waals surface area (Å²) in [5.41, 5.74) is 1.67. The summed E-state index contributed by atoms with van der Waals surface area (Å²) in [4.78, 5) is 26.1. The van der Waals surface area contributed by atoms with E-state index in [2.05, 4.69) is 11.6 Å². The number of rotatable bonds is 6. The van der Waals surface area contributed by atoms with Gasteiger partial charge in [0.2, 0.25) is 5.91 Å². The Bertz CT molecular complexity index is 562. The van der Waals surface area contributed by atoms with Gasteiger partial charge in [-0.2, -0.15) is 11.8 Å². The molecule has 0 bridgehead atoms. The van der Waals surface area contributed by atoms with Crippen molar-refractivity contribution < 1.29 is 9.59 Å². The van der Waals surface area contributed by atoms with E-state index in [0.29, 0.717) is 29.7 Å². The number of carbonyl (C=O) groups is 2. The van der Waals surface area contributed by atoms with E-state index in [1.54, 1.807) is 13.1 Å². The summed E-state index contributed by atoms with van der Waals surface area (Å²) in [6, 6.07) is 7.87. The lowest BCUT2D eigenvalue weighted by molar-refractivity contribution is -0.131. The summed E-state index contributed by atoms with van der Waals surface area (Å²) in [6.45, 7) is 0. The summed E-state index contributed by atoms with van der Waals surface area (Å²) in [7, 11) is 3.56. The maximum atomic E-state index is 12.5. The Morgan fingerprint density at radius 1 is 1.35 bits per heavy atom. The van der Waals surface area contributed by atoms with Crippen molar-refractivity contribution in [1.82, 2.24) is 10.2 Å². The molecule has 0 unspecified atom stereocenters. The molecule has 1 aliphatic carbocycles. The third-order valence-electron chi connectivity index (χ3n) is 4.66. The zero-order valence-electron chi connectivity index (χ0n) is 14.2. The summed E-state index contributed by atoms with van der Waals surface area (Å²) in [5, 5.41) is 3.19. The van der Waals surface area contributed by atoms with Crippen molar-refractivity contribution in [2.24, 2.45) is 0 Å². The van der Waals surface area contributed by atoms with Crippen molar-refractivity contribution in [3.63, 3.8) is 0 Å². The van der Waals surface area contributed by atoms with Gasteiger partial charge in [-0.3, -0.25) is 9.59 Å². The molecule has 23 heavy (non-hydrogen) atoms. The largest absolute Gasteiger partial charge is 0.355 e. The number of hydrogen-bond donors (Lipinski definition) is 1. The van der Waals surface area contributed by atoms with Crippen LogP contribution in [0.1, 0.15) is 41.6 Å². The van der Waals surface area contributed by atoms with Crippen LogP contribution in [-0.2, 0) is 11.2 Å². The summed E-state index contributed by atoms with van der Waals surface area (Å²) < 4.78 is 0. The molecule has 5 heteroatoms. The van der Waals surface area contributed by atoms with E-state index in [1.807, 2.05) is 41.9 Å². The maximum absolute atomic E-state index is 12.5. The SMILES string of the molecule is CNC(=O)c1cccc(CCC(=O)N(C)[C@@H]2CCC[C@H]2SC)c1. The van der Waals surface area contributed by atoms with Crippen molar-refractivity contribution in [3.05, 3.63) is 35.4 Å². The van der Waals surface area contributed by atoms with Crippen LogP contribution < -0.4 is 5.32 Å².